The molecule has 2 atom stereocenters. The number of halogens is 2. The number of aliphatic carboxylic acids is 1. The lowest BCUT2D eigenvalue weighted by Crippen LogP contribution is -2.45. The van der Waals surface area contributed by atoms with E-state index in [4.69, 9.17) is 21.1 Å². The number of anilines is 1. The van der Waals surface area contributed by atoms with Crippen molar-refractivity contribution in [2.24, 2.45) is 0 Å². The van der Waals surface area contributed by atoms with E-state index in [1.54, 1.807) is 48.5 Å². The minimum absolute atomic E-state index is 0.296. The number of rotatable bonds is 3. The number of carbonyl (C=O) groups excluding carboxylic acids is 1. The Kier molecular flexibility index (Phi) is 5.54. The van der Waals surface area contributed by atoms with Gasteiger partial charge in [-0.1, -0.05) is 39.7 Å². The van der Waals surface area contributed by atoms with Gasteiger partial charge in [-0.05, 0) is 66.1 Å². The first-order valence-corrected chi connectivity index (χ1v) is 11.5. The highest BCUT2D eigenvalue weighted by atomic mass is 79.9. The summed E-state index contributed by atoms with van der Waals surface area (Å²) in [4.78, 5) is 28.0. The fourth-order valence-corrected chi connectivity index (χ4v) is 4.98. The molecule has 5 rings (SSSR count). The monoisotopic (exact) mass is 527 g/mol. The van der Waals surface area contributed by atoms with Crippen molar-refractivity contribution in [2.45, 2.75) is 18.9 Å². The second kappa shape index (κ2) is 8.39. The van der Waals surface area contributed by atoms with Gasteiger partial charge in [-0.3, -0.25) is 14.5 Å². The average molecular weight is 529 g/mol. The molecule has 2 aliphatic rings. The number of carboxylic acids is 1. The van der Waals surface area contributed by atoms with Crippen molar-refractivity contribution in [3.05, 3.63) is 86.3 Å². The number of carbonyl (C=O) groups is 2. The van der Waals surface area contributed by atoms with E-state index in [9.17, 15) is 14.7 Å². The van der Waals surface area contributed by atoms with Gasteiger partial charge >= 0.3 is 5.97 Å². The summed E-state index contributed by atoms with van der Waals surface area (Å²) >= 11 is 9.81. The molecule has 0 radical (unpaired) electrons. The molecule has 8 heteroatoms. The van der Waals surface area contributed by atoms with E-state index >= 15 is 0 Å². The first kappa shape index (κ1) is 21.8. The summed E-state index contributed by atoms with van der Waals surface area (Å²) in [7, 11) is 0. The van der Waals surface area contributed by atoms with Crippen molar-refractivity contribution in [3.63, 3.8) is 0 Å². The second-order valence-corrected chi connectivity index (χ2v) is 9.33. The zero-order valence-corrected chi connectivity index (χ0v) is 19.9. The highest BCUT2D eigenvalue weighted by molar-refractivity contribution is 9.10. The summed E-state index contributed by atoms with van der Waals surface area (Å²) in [6.07, 6.45) is 0. The maximum absolute atomic E-state index is 13.8. The molecule has 3 aromatic carbocycles. The van der Waals surface area contributed by atoms with Gasteiger partial charge in [0.2, 0.25) is 0 Å². The Hall–Kier alpha value is -3.03. The quantitative estimate of drug-likeness (QED) is 0.468. The van der Waals surface area contributed by atoms with E-state index in [0.29, 0.717) is 56.6 Å². The molecule has 0 saturated heterocycles. The lowest BCUT2D eigenvalue weighted by atomic mass is 9.79. The number of benzene rings is 3. The van der Waals surface area contributed by atoms with Crippen molar-refractivity contribution in [3.8, 4) is 11.5 Å². The van der Waals surface area contributed by atoms with E-state index in [-0.39, 0.29) is 5.91 Å². The van der Waals surface area contributed by atoms with E-state index in [0.717, 1.165) is 5.56 Å². The summed E-state index contributed by atoms with van der Waals surface area (Å²) in [6, 6.07) is 14.9. The second-order valence-electron chi connectivity index (χ2n) is 8.00. The van der Waals surface area contributed by atoms with Gasteiger partial charge in [0.1, 0.15) is 19.1 Å². The molecular formula is C25H19BrClNO5. The molecule has 2 aliphatic heterocycles. The third-order valence-electron chi connectivity index (χ3n) is 6.00. The van der Waals surface area contributed by atoms with E-state index in [1.165, 1.54) is 4.90 Å². The maximum atomic E-state index is 13.8. The van der Waals surface area contributed by atoms with Gasteiger partial charge < -0.3 is 14.6 Å². The van der Waals surface area contributed by atoms with Crippen LogP contribution in [-0.2, 0) is 4.79 Å². The topological polar surface area (TPSA) is 76.1 Å². The fourth-order valence-electron chi connectivity index (χ4n) is 4.42. The summed E-state index contributed by atoms with van der Waals surface area (Å²) in [5.74, 6) is -1.23. The Morgan fingerprint density at radius 1 is 1.06 bits per heavy atom. The zero-order valence-electron chi connectivity index (χ0n) is 17.5. The smallest absolute Gasteiger partial charge is 0.313 e. The number of hydrogen-bond donors (Lipinski definition) is 1. The van der Waals surface area contributed by atoms with Crippen LogP contribution in [0, 0.1) is 6.92 Å². The van der Waals surface area contributed by atoms with Crippen molar-refractivity contribution >= 4 is 45.1 Å². The van der Waals surface area contributed by atoms with Crippen LogP contribution in [0.25, 0.3) is 0 Å². The summed E-state index contributed by atoms with van der Waals surface area (Å²) in [5.41, 5.74) is 2.81. The standard InChI is InChI=1S/C25H19BrClNO5/c1-13-2-5-16(12-19(13)27)28-23(14-3-7-20-21(10-14)33-9-8-32-20)22(25(30)31)18-11-15(26)4-6-17(18)24(28)29/h2-7,10-12,22-23H,8-9H2,1H3,(H,30,31)/t22-,23+/m0/s1. The molecule has 3 aromatic rings. The molecule has 0 unspecified atom stereocenters. The number of ether oxygens (including phenoxy) is 2. The minimum atomic E-state index is -1.04. The number of amides is 1. The highest BCUT2D eigenvalue weighted by Crippen LogP contribution is 2.47. The van der Waals surface area contributed by atoms with Gasteiger partial charge in [0.15, 0.2) is 11.5 Å². The number of fused-ring (bicyclic) bond motifs is 2. The molecule has 0 spiro atoms. The van der Waals surface area contributed by atoms with E-state index in [2.05, 4.69) is 15.9 Å². The summed E-state index contributed by atoms with van der Waals surface area (Å²) < 4.78 is 12.1. The Morgan fingerprint density at radius 2 is 1.82 bits per heavy atom. The van der Waals surface area contributed by atoms with Gasteiger partial charge in [-0.2, -0.15) is 0 Å². The summed E-state index contributed by atoms with van der Waals surface area (Å²) in [5, 5.41) is 10.9. The molecule has 2 heterocycles. The molecule has 1 amide bonds. The maximum Gasteiger partial charge on any atom is 0.313 e. The first-order valence-electron chi connectivity index (χ1n) is 10.4. The molecule has 0 bridgehead atoms. The van der Waals surface area contributed by atoms with Crippen LogP contribution in [0.5, 0.6) is 11.5 Å². The number of aryl methyl sites for hydroxylation is 1. The number of nitrogens with zero attached hydrogens (tertiary/aromatic N) is 1. The molecule has 6 nitrogen and oxygen atoms in total. The molecular weight excluding hydrogens is 510 g/mol. The largest absolute Gasteiger partial charge is 0.486 e. The van der Waals surface area contributed by atoms with Crippen LogP contribution in [0.3, 0.4) is 0 Å². The molecule has 168 valence electrons. The van der Waals surface area contributed by atoms with Crippen molar-refractivity contribution in [1.29, 1.82) is 0 Å². The molecule has 0 aliphatic carbocycles. The summed E-state index contributed by atoms with van der Waals surface area (Å²) in [6.45, 7) is 2.71. The third-order valence-corrected chi connectivity index (χ3v) is 6.90. The SMILES string of the molecule is Cc1ccc(N2C(=O)c3ccc(Br)cc3[C@H](C(=O)O)[C@H]2c2ccc3c(c2)OCCO3)cc1Cl. The van der Waals surface area contributed by atoms with Gasteiger partial charge in [-0.25, -0.2) is 0 Å². The Balaban J connectivity index is 1.76. The lowest BCUT2D eigenvalue weighted by molar-refractivity contribution is -0.139. The normalized spacial score (nSPS) is 19.2. The zero-order chi connectivity index (χ0) is 23.3. The molecule has 1 N–H and O–H groups in total. The van der Waals surface area contributed by atoms with Crippen molar-refractivity contribution in [2.75, 3.05) is 18.1 Å². The molecule has 0 aromatic heterocycles. The van der Waals surface area contributed by atoms with Crippen molar-refractivity contribution in [1.82, 2.24) is 0 Å². The van der Waals surface area contributed by atoms with Crippen LogP contribution in [0.1, 0.15) is 39.0 Å². The minimum Gasteiger partial charge on any atom is -0.486 e. The highest BCUT2D eigenvalue weighted by Gasteiger charge is 2.45. The van der Waals surface area contributed by atoms with Crippen LogP contribution in [0.2, 0.25) is 5.02 Å². The molecule has 33 heavy (non-hydrogen) atoms. The van der Waals surface area contributed by atoms with E-state index < -0.39 is 17.9 Å². The van der Waals surface area contributed by atoms with Crippen LogP contribution in [0.4, 0.5) is 5.69 Å². The van der Waals surface area contributed by atoms with Gasteiger partial charge in [-0.15, -0.1) is 0 Å². The van der Waals surface area contributed by atoms with Crippen molar-refractivity contribution < 1.29 is 24.2 Å². The Morgan fingerprint density at radius 3 is 2.55 bits per heavy atom. The van der Waals surface area contributed by atoms with Gasteiger partial charge in [0, 0.05) is 20.7 Å². The molecule has 0 saturated carbocycles. The van der Waals surface area contributed by atoms with Crippen LogP contribution < -0.4 is 14.4 Å². The third kappa shape index (κ3) is 3.75. The number of hydrogen-bond acceptors (Lipinski definition) is 4. The number of carboxylic acid groups (broad SMARTS) is 1. The Labute approximate surface area is 203 Å². The van der Waals surface area contributed by atoms with Crippen LogP contribution in [0.15, 0.2) is 59.1 Å². The molecule has 0 fully saturated rings. The van der Waals surface area contributed by atoms with Crippen LogP contribution in [-0.4, -0.2) is 30.2 Å². The predicted octanol–water partition coefficient (Wildman–Crippen LogP) is 5.75. The first-order chi connectivity index (χ1) is 15.8. The lowest BCUT2D eigenvalue weighted by Gasteiger charge is -2.41. The van der Waals surface area contributed by atoms with Crippen LogP contribution >= 0.6 is 27.5 Å². The predicted molar refractivity (Wildman–Crippen MR) is 128 cm³/mol. The van der Waals surface area contributed by atoms with Gasteiger partial charge in [0.05, 0.1) is 6.04 Å². The Bertz CT molecular complexity index is 1290. The fraction of sp³-hybridized carbons (Fsp3) is 0.200. The van der Waals surface area contributed by atoms with E-state index in [1.807, 2.05) is 13.0 Å². The van der Waals surface area contributed by atoms with Gasteiger partial charge in [0.25, 0.3) is 5.91 Å². The average Bonchev–Trinajstić information content (AvgIpc) is 2.80.